The number of nitriles is 1. The Morgan fingerprint density at radius 2 is 2.42 bits per heavy atom. The molecule has 4 heteroatoms. The van der Waals surface area contributed by atoms with Crippen molar-refractivity contribution in [2.24, 2.45) is 0 Å². The molecule has 0 fully saturated rings. The lowest BCUT2D eigenvalue weighted by Gasteiger charge is -1.97. The molecule has 1 aromatic rings. The molecule has 0 aliphatic heterocycles. The third-order valence-corrected chi connectivity index (χ3v) is 1.15. The Bertz CT molecular complexity index is 341. The van der Waals surface area contributed by atoms with E-state index < -0.39 is 5.97 Å². The summed E-state index contributed by atoms with van der Waals surface area (Å²) in [5, 5.41) is 8.11. The number of ether oxygens (including phenoxy) is 1. The molecule has 60 valence electrons. The summed E-state index contributed by atoms with van der Waals surface area (Å²) in [6.07, 6.45) is 0. The number of aromatic nitrogens is 1. The average Bonchev–Trinajstić information content (AvgIpc) is 2.04. The average molecular weight is 162 g/mol. The first-order valence-corrected chi connectivity index (χ1v) is 3.28. The van der Waals surface area contributed by atoms with Crippen LogP contribution >= 0.6 is 0 Å². The Morgan fingerprint density at radius 1 is 1.67 bits per heavy atom. The summed E-state index contributed by atoms with van der Waals surface area (Å²) in [7, 11) is 0. The lowest BCUT2D eigenvalue weighted by molar-refractivity contribution is -0.128. The molecule has 1 aromatic heterocycles. The quantitative estimate of drug-likeness (QED) is 0.453. The zero-order chi connectivity index (χ0) is 8.97. The Morgan fingerprint density at radius 3 is 3.00 bits per heavy atom. The van der Waals surface area contributed by atoms with Crippen LogP contribution in [0.4, 0.5) is 0 Å². The Labute approximate surface area is 69.4 Å². The van der Waals surface area contributed by atoms with Gasteiger partial charge in [-0.1, -0.05) is 6.07 Å². The van der Waals surface area contributed by atoms with Gasteiger partial charge in [-0.05, 0) is 13.0 Å². The van der Waals surface area contributed by atoms with Crippen LogP contribution in [-0.4, -0.2) is 11.0 Å². The van der Waals surface area contributed by atoms with Gasteiger partial charge in [-0.3, -0.25) is 0 Å². The fraction of sp³-hybridized carbons (Fsp3) is 0.125. The van der Waals surface area contributed by atoms with Gasteiger partial charge in [-0.15, -0.1) is 0 Å². The van der Waals surface area contributed by atoms with Crippen molar-refractivity contribution < 1.29 is 9.53 Å². The van der Waals surface area contributed by atoms with Gasteiger partial charge < -0.3 is 4.74 Å². The van der Waals surface area contributed by atoms with Gasteiger partial charge in [0.15, 0.2) is 6.07 Å². The first-order valence-electron chi connectivity index (χ1n) is 3.28. The van der Waals surface area contributed by atoms with Gasteiger partial charge in [-0.25, -0.2) is 9.78 Å². The molecule has 0 bridgehead atoms. The van der Waals surface area contributed by atoms with Gasteiger partial charge in [0, 0.05) is 11.8 Å². The summed E-state index contributed by atoms with van der Waals surface area (Å²) >= 11 is 0. The minimum absolute atomic E-state index is 0.154. The summed E-state index contributed by atoms with van der Waals surface area (Å²) in [5.41, 5.74) is 0.734. The van der Waals surface area contributed by atoms with E-state index in [1.54, 1.807) is 19.1 Å². The minimum Gasteiger partial charge on any atom is -0.396 e. The number of esters is 1. The van der Waals surface area contributed by atoms with Crippen LogP contribution in [0.25, 0.3) is 0 Å². The number of carbonyl (C=O) groups is 1. The predicted octanol–water partition coefficient (Wildman–Crippen LogP) is 0.819. The molecular formula is C8H6N2O2. The summed E-state index contributed by atoms with van der Waals surface area (Å²) in [6.45, 7) is 1.77. The van der Waals surface area contributed by atoms with Crippen molar-refractivity contribution in [3.8, 4) is 11.9 Å². The fourth-order valence-corrected chi connectivity index (χ4v) is 0.693. The third kappa shape index (κ3) is 2.06. The number of rotatable bonds is 1. The van der Waals surface area contributed by atoms with Gasteiger partial charge in [0.2, 0.25) is 5.88 Å². The van der Waals surface area contributed by atoms with E-state index in [0.29, 0.717) is 0 Å². The fourth-order valence-electron chi connectivity index (χ4n) is 0.693. The van der Waals surface area contributed by atoms with Crippen molar-refractivity contribution in [2.75, 3.05) is 0 Å². The highest BCUT2D eigenvalue weighted by Gasteiger charge is 2.02. The smallest absolute Gasteiger partial charge is 0.396 e. The molecule has 0 spiro atoms. The topological polar surface area (TPSA) is 63.0 Å². The van der Waals surface area contributed by atoms with Gasteiger partial charge >= 0.3 is 5.97 Å². The molecule has 0 unspecified atom stereocenters. The van der Waals surface area contributed by atoms with Crippen LogP contribution in [0.1, 0.15) is 5.69 Å². The number of hydrogen-bond acceptors (Lipinski definition) is 4. The number of hydrogen-bond donors (Lipinski definition) is 0. The highest BCUT2D eigenvalue weighted by Crippen LogP contribution is 2.06. The van der Waals surface area contributed by atoms with Crippen molar-refractivity contribution in [3.05, 3.63) is 23.9 Å². The Kier molecular flexibility index (Phi) is 2.38. The number of aryl methyl sites for hydroxylation is 1. The first-order chi connectivity index (χ1) is 5.72. The predicted molar refractivity (Wildman–Crippen MR) is 40.2 cm³/mol. The second-order valence-electron chi connectivity index (χ2n) is 2.12. The molecule has 0 aliphatic carbocycles. The molecule has 0 saturated carbocycles. The van der Waals surface area contributed by atoms with E-state index >= 15 is 0 Å². The maximum Gasteiger partial charge on any atom is 0.417 e. The molecule has 1 heterocycles. The Hall–Kier alpha value is -1.89. The largest absolute Gasteiger partial charge is 0.417 e. The molecule has 1 rings (SSSR count). The SMILES string of the molecule is Cc1cccc(OC(=O)C#N)n1. The second-order valence-corrected chi connectivity index (χ2v) is 2.12. The normalized spacial score (nSPS) is 8.67. The molecule has 0 aromatic carbocycles. The van der Waals surface area contributed by atoms with E-state index in [2.05, 4.69) is 9.72 Å². The maximum atomic E-state index is 10.5. The van der Waals surface area contributed by atoms with Crippen LogP contribution in [0, 0.1) is 18.3 Å². The van der Waals surface area contributed by atoms with Crippen LogP contribution in [-0.2, 0) is 4.79 Å². The minimum atomic E-state index is -0.951. The van der Waals surface area contributed by atoms with E-state index in [1.165, 1.54) is 12.1 Å². The van der Waals surface area contributed by atoms with Crippen molar-refractivity contribution in [2.45, 2.75) is 6.92 Å². The number of nitrogens with zero attached hydrogens (tertiary/aromatic N) is 2. The highest BCUT2D eigenvalue weighted by molar-refractivity contribution is 5.87. The van der Waals surface area contributed by atoms with Gasteiger partial charge in [0.05, 0.1) is 0 Å². The molecular weight excluding hydrogens is 156 g/mol. The van der Waals surface area contributed by atoms with Gasteiger partial charge in [0.25, 0.3) is 0 Å². The number of pyridine rings is 1. The highest BCUT2D eigenvalue weighted by atomic mass is 16.5. The van der Waals surface area contributed by atoms with Crippen LogP contribution in [0.3, 0.4) is 0 Å². The third-order valence-electron chi connectivity index (χ3n) is 1.15. The van der Waals surface area contributed by atoms with E-state index in [0.717, 1.165) is 5.69 Å². The van der Waals surface area contributed by atoms with E-state index in [-0.39, 0.29) is 5.88 Å². The summed E-state index contributed by atoms with van der Waals surface area (Å²) < 4.78 is 4.53. The molecule has 12 heavy (non-hydrogen) atoms. The van der Waals surface area contributed by atoms with Gasteiger partial charge in [0.1, 0.15) is 0 Å². The molecule has 0 radical (unpaired) electrons. The summed E-state index contributed by atoms with van der Waals surface area (Å²) in [6, 6.07) is 6.31. The lowest BCUT2D eigenvalue weighted by Crippen LogP contribution is -2.05. The van der Waals surface area contributed by atoms with Crippen molar-refractivity contribution in [3.63, 3.8) is 0 Å². The molecule has 0 N–H and O–H groups in total. The molecule has 0 saturated heterocycles. The maximum absolute atomic E-state index is 10.5. The summed E-state index contributed by atoms with van der Waals surface area (Å²) in [4.78, 5) is 14.3. The zero-order valence-corrected chi connectivity index (χ0v) is 6.44. The molecule has 4 nitrogen and oxygen atoms in total. The summed E-state index contributed by atoms with van der Waals surface area (Å²) in [5.74, 6) is -0.797. The van der Waals surface area contributed by atoms with E-state index in [9.17, 15) is 4.79 Å². The molecule has 0 aliphatic rings. The van der Waals surface area contributed by atoms with Crippen molar-refractivity contribution in [1.29, 1.82) is 5.26 Å². The van der Waals surface area contributed by atoms with Crippen LogP contribution in [0.5, 0.6) is 5.88 Å². The van der Waals surface area contributed by atoms with E-state index in [1.807, 2.05) is 0 Å². The monoisotopic (exact) mass is 162 g/mol. The second kappa shape index (κ2) is 3.49. The standard InChI is InChI=1S/C8H6N2O2/c1-6-3-2-4-7(10-6)12-8(11)5-9/h2-4H,1H3. The van der Waals surface area contributed by atoms with Crippen molar-refractivity contribution in [1.82, 2.24) is 4.98 Å². The zero-order valence-electron chi connectivity index (χ0n) is 6.44. The van der Waals surface area contributed by atoms with Crippen LogP contribution in [0.2, 0.25) is 0 Å². The number of carbonyl (C=O) groups excluding carboxylic acids is 1. The Balaban J connectivity index is 2.78. The molecule has 0 amide bonds. The lowest BCUT2D eigenvalue weighted by atomic mass is 10.4. The van der Waals surface area contributed by atoms with Crippen molar-refractivity contribution >= 4 is 5.97 Å². The van der Waals surface area contributed by atoms with E-state index in [4.69, 9.17) is 5.26 Å². The van der Waals surface area contributed by atoms with Crippen LogP contribution in [0.15, 0.2) is 18.2 Å². The van der Waals surface area contributed by atoms with Gasteiger partial charge in [-0.2, -0.15) is 5.26 Å². The molecule has 0 atom stereocenters. The van der Waals surface area contributed by atoms with Crippen LogP contribution < -0.4 is 4.74 Å². The first kappa shape index (κ1) is 8.21.